The Balaban J connectivity index is 1.83. The average molecular weight is 357 g/mol. The predicted molar refractivity (Wildman–Crippen MR) is 96.8 cm³/mol. The Bertz CT molecular complexity index is 775. The van der Waals surface area contributed by atoms with Gasteiger partial charge in [0.25, 0.3) is 5.91 Å². The van der Waals surface area contributed by atoms with Gasteiger partial charge in [0.2, 0.25) is 0 Å². The monoisotopic (exact) mass is 357 g/mol. The van der Waals surface area contributed by atoms with Gasteiger partial charge in [0.15, 0.2) is 6.61 Å². The van der Waals surface area contributed by atoms with E-state index in [1.54, 1.807) is 55.6 Å². The van der Waals surface area contributed by atoms with Gasteiger partial charge in [-0.2, -0.15) is 5.10 Å². The van der Waals surface area contributed by atoms with Crippen LogP contribution in [0.25, 0.3) is 0 Å². The topological polar surface area (TPSA) is 109 Å². The maximum absolute atomic E-state index is 11.8. The zero-order valence-corrected chi connectivity index (χ0v) is 14.1. The van der Waals surface area contributed by atoms with Crippen LogP contribution >= 0.6 is 0 Å². The quantitative estimate of drug-likeness (QED) is 0.466. The van der Waals surface area contributed by atoms with E-state index in [1.165, 1.54) is 6.21 Å². The second kappa shape index (κ2) is 9.67. The molecule has 8 nitrogen and oxygen atoms in total. The van der Waals surface area contributed by atoms with Crippen LogP contribution in [0.5, 0.6) is 11.5 Å². The number of amides is 1. The Morgan fingerprint density at radius 2 is 1.88 bits per heavy atom. The average Bonchev–Trinajstić information content (AvgIpc) is 2.66. The zero-order valence-electron chi connectivity index (χ0n) is 14.1. The highest BCUT2D eigenvalue weighted by atomic mass is 16.5. The number of carboxylic acid groups (broad SMARTS) is 1. The molecule has 0 radical (unpaired) electrons. The molecule has 0 aliphatic carbocycles. The molecule has 3 N–H and O–H groups in total. The van der Waals surface area contributed by atoms with Crippen molar-refractivity contribution in [1.29, 1.82) is 0 Å². The highest BCUT2D eigenvalue weighted by Crippen LogP contribution is 2.16. The van der Waals surface area contributed by atoms with Gasteiger partial charge >= 0.3 is 5.97 Å². The molecule has 0 aliphatic heterocycles. The summed E-state index contributed by atoms with van der Waals surface area (Å²) in [5, 5.41) is 15.5. The first-order valence-corrected chi connectivity index (χ1v) is 7.72. The molecular weight excluding hydrogens is 338 g/mol. The fraction of sp³-hybridized carbons (Fsp3) is 0.167. The molecule has 0 saturated carbocycles. The molecule has 2 aromatic rings. The second-order valence-electron chi connectivity index (χ2n) is 5.10. The van der Waals surface area contributed by atoms with Crippen LogP contribution in [-0.4, -0.2) is 43.5 Å². The molecule has 0 aromatic heterocycles. The van der Waals surface area contributed by atoms with E-state index in [4.69, 9.17) is 14.6 Å². The Kier molecular flexibility index (Phi) is 6.99. The smallest absolute Gasteiger partial charge is 0.341 e. The van der Waals surface area contributed by atoms with Crippen LogP contribution in [0.1, 0.15) is 5.56 Å². The minimum absolute atomic E-state index is 0.0425. The molecular formula is C18H19N3O5. The first kappa shape index (κ1) is 18.8. The third kappa shape index (κ3) is 6.16. The SMILES string of the molecule is COc1ccc(NCC(=O)N/N=C/c2ccccc2OCC(=O)O)cc1. The number of nitrogens with one attached hydrogen (secondary N) is 2. The number of carboxylic acids is 1. The van der Waals surface area contributed by atoms with E-state index in [-0.39, 0.29) is 12.5 Å². The third-order valence-electron chi connectivity index (χ3n) is 3.21. The number of hydrogen-bond acceptors (Lipinski definition) is 6. The lowest BCUT2D eigenvalue weighted by atomic mass is 10.2. The molecule has 1 amide bonds. The van der Waals surface area contributed by atoms with Crippen molar-refractivity contribution in [2.75, 3.05) is 25.6 Å². The number of ether oxygens (including phenoxy) is 2. The fourth-order valence-corrected chi connectivity index (χ4v) is 1.96. The lowest BCUT2D eigenvalue weighted by Crippen LogP contribution is -2.25. The summed E-state index contributed by atoms with van der Waals surface area (Å²) in [4.78, 5) is 22.4. The molecule has 8 heteroatoms. The van der Waals surface area contributed by atoms with Gasteiger partial charge in [-0.1, -0.05) is 12.1 Å². The van der Waals surface area contributed by atoms with Crippen molar-refractivity contribution < 1.29 is 24.2 Å². The number of rotatable bonds is 9. The molecule has 2 aromatic carbocycles. The molecule has 0 atom stereocenters. The predicted octanol–water partition coefficient (Wildman–Crippen LogP) is 1.72. The van der Waals surface area contributed by atoms with Crippen molar-refractivity contribution in [3.63, 3.8) is 0 Å². The minimum atomic E-state index is -1.07. The summed E-state index contributed by atoms with van der Waals surface area (Å²) in [6.07, 6.45) is 1.39. The van der Waals surface area contributed by atoms with E-state index in [0.29, 0.717) is 11.3 Å². The second-order valence-corrected chi connectivity index (χ2v) is 5.10. The molecule has 0 unspecified atom stereocenters. The van der Waals surface area contributed by atoms with Gasteiger partial charge in [0.05, 0.1) is 19.9 Å². The van der Waals surface area contributed by atoms with Crippen molar-refractivity contribution in [3.05, 3.63) is 54.1 Å². The van der Waals surface area contributed by atoms with E-state index in [0.717, 1.165) is 11.4 Å². The van der Waals surface area contributed by atoms with Crippen LogP contribution in [-0.2, 0) is 9.59 Å². The largest absolute Gasteiger partial charge is 0.497 e. The van der Waals surface area contributed by atoms with E-state index < -0.39 is 12.6 Å². The molecule has 0 bridgehead atoms. The van der Waals surface area contributed by atoms with Crippen molar-refractivity contribution in [3.8, 4) is 11.5 Å². The minimum Gasteiger partial charge on any atom is -0.497 e. The van der Waals surface area contributed by atoms with Crippen molar-refractivity contribution in [1.82, 2.24) is 5.43 Å². The van der Waals surface area contributed by atoms with Gasteiger partial charge < -0.3 is 19.9 Å². The summed E-state index contributed by atoms with van der Waals surface area (Å²) in [6, 6.07) is 13.9. The highest BCUT2D eigenvalue weighted by molar-refractivity contribution is 5.86. The number of anilines is 1. The summed E-state index contributed by atoms with van der Waals surface area (Å²) in [5.74, 6) is -0.312. The number of nitrogens with zero attached hydrogens (tertiary/aromatic N) is 1. The van der Waals surface area contributed by atoms with Crippen LogP contribution in [0, 0.1) is 0 Å². The number of hydrazone groups is 1. The molecule has 0 aliphatic rings. The summed E-state index contributed by atoms with van der Waals surface area (Å²) in [5.41, 5.74) is 3.72. The Morgan fingerprint density at radius 3 is 2.58 bits per heavy atom. The summed E-state index contributed by atoms with van der Waals surface area (Å²) in [6.45, 7) is -0.413. The van der Waals surface area contributed by atoms with Crippen molar-refractivity contribution in [2.45, 2.75) is 0 Å². The van der Waals surface area contributed by atoms with Crippen LogP contribution in [0.15, 0.2) is 53.6 Å². The van der Waals surface area contributed by atoms with Gasteiger partial charge in [0.1, 0.15) is 11.5 Å². The molecule has 26 heavy (non-hydrogen) atoms. The lowest BCUT2D eigenvalue weighted by Gasteiger charge is -2.07. The summed E-state index contributed by atoms with van der Waals surface area (Å²) >= 11 is 0. The molecule has 0 fully saturated rings. The summed E-state index contributed by atoms with van der Waals surface area (Å²) in [7, 11) is 1.58. The van der Waals surface area contributed by atoms with E-state index >= 15 is 0 Å². The Labute approximate surface area is 150 Å². The molecule has 0 saturated heterocycles. The third-order valence-corrected chi connectivity index (χ3v) is 3.21. The van der Waals surface area contributed by atoms with Gasteiger partial charge in [0, 0.05) is 11.3 Å². The number of methoxy groups -OCH3 is 1. The molecule has 136 valence electrons. The molecule has 0 spiro atoms. The summed E-state index contributed by atoms with van der Waals surface area (Å²) < 4.78 is 10.2. The number of para-hydroxylation sites is 1. The van der Waals surface area contributed by atoms with E-state index in [2.05, 4.69) is 15.8 Å². The van der Waals surface area contributed by atoms with Crippen LogP contribution in [0.3, 0.4) is 0 Å². The number of hydrogen-bond donors (Lipinski definition) is 3. The number of carbonyl (C=O) groups is 2. The van der Waals surface area contributed by atoms with E-state index in [1.807, 2.05) is 0 Å². The van der Waals surface area contributed by atoms with Crippen LogP contribution in [0.2, 0.25) is 0 Å². The molecule has 0 heterocycles. The van der Waals surface area contributed by atoms with Gasteiger partial charge in [-0.05, 0) is 36.4 Å². The first-order chi connectivity index (χ1) is 12.6. The lowest BCUT2D eigenvalue weighted by molar-refractivity contribution is -0.139. The first-order valence-electron chi connectivity index (χ1n) is 7.72. The number of carbonyl (C=O) groups excluding carboxylic acids is 1. The highest BCUT2D eigenvalue weighted by Gasteiger charge is 2.04. The number of benzene rings is 2. The van der Waals surface area contributed by atoms with Gasteiger partial charge in [-0.15, -0.1) is 0 Å². The standard InChI is InChI=1S/C18H19N3O5/c1-25-15-8-6-14(7-9-15)19-11-17(22)21-20-10-13-4-2-3-5-16(13)26-12-18(23)24/h2-10,19H,11-12H2,1H3,(H,21,22)(H,23,24)/b20-10+. The normalized spacial score (nSPS) is 10.3. The van der Waals surface area contributed by atoms with E-state index in [9.17, 15) is 9.59 Å². The van der Waals surface area contributed by atoms with Crippen LogP contribution in [0.4, 0.5) is 5.69 Å². The van der Waals surface area contributed by atoms with Crippen molar-refractivity contribution in [2.24, 2.45) is 5.10 Å². The maximum atomic E-state index is 11.8. The van der Waals surface area contributed by atoms with Gasteiger partial charge in [-0.3, -0.25) is 4.79 Å². The Hall–Kier alpha value is -3.55. The van der Waals surface area contributed by atoms with Crippen LogP contribution < -0.4 is 20.2 Å². The zero-order chi connectivity index (χ0) is 18.8. The number of aliphatic carboxylic acids is 1. The molecule has 2 rings (SSSR count). The van der Waals surface area contributed by atoms with Crippen molar-refractivity contribution >= 4 is 23.8 Å². The van der Waals surface area contributed by atoms with Gasteiger partial charge in [-0.25, -0.2) is 10.2 Å². The fourth-order valence-electron chi connectivity index (χ4n) is 1.96. The maximum Gasteiger partial charge on any atom is 0.341 e. The Morgan fingerprint density at radius 1 is 1.15 bits per heavy atom.